The molecule has 174 valence electrons. The first-order valence-electron chi connectivity index (χ1n) is 10.9. The Labute approximate surface area is 193 Å². The fraction of sp³-hybridized carbons (Fsp3) is 0.346. The van der Waals surface area contributed by atoms with Crippen LogP contribution in [0.5, 0.6) is 0 Å². The minimum atomic E-state index is -0.766. The number of anilines is 1. The van der Waals surface area contributed by atoms with Crippen LogP contribution in [-0.4, -0.2) is 29.6 Å². The zero-order valence-corrected chi connectivity index (χ0v) is 20.0. The van der Waals surface area contributed by atoms with Gasteiger partial charge in [-0.25, -0.2) is 4.79 Å². The lowest BCUT2D eigenvalue weighted by molar-refractivity contribution is 0.0404. The molecule has 0 unspecified atom stereocenters. The molecule has 2 amide bonds. The number of benzene rings is 2. The van der Waals surface area contributed by atoms with E-state index in [1.165, 1.54) is 13.2 Å². The van der Waals surface area contributed by atoms with Gasteiger partial charge >= 0.3 is 6.09 Å². The lowest BCUT2D eigenvalue weighted by Crippen LogP contribution is -2.35. The van der Waals surface area contributed by atoms with Gasteiger partial charge in [-0.1, -0.05) is 39.0 Å². The zero-order valence-electron chi connectivity index (χ0n) is 20.0. The van der Waals surface area contributed by atoms with Gasteiger partial charge in [0, 0.05) is 36.3 Å². The number of hydrogen-bond donors (Lipinski definition) is 3. The Balaban J connectivity index is 1.93. The van der Waals surface area contributed by atoms with E-state index >= 15 is 0 Å². The molecule has 0 aliphatic heterocycles. The predicted molar refractivity (Wildman–Crippen MR) is 131 cm³/mol. The van der Waals surface area contributed by atoms with Crippen molar-refractivity contribution in [2.75, 3.05) is 12.4 Å². The van der Waals surface area contributed by atoms with E-state index in [1.807, 2.05) is 38.1 Å². The number of hydrogen-bond acceptors (Lipinski definition) is 4. The summed E-state index contributed by atoms with van der Waals surface area (Å²) in [5, 5.41) is 5.78. The van der Waals surface area contributed by atoms with Crippen LogP contribution >= 0.6 is 0 Å². The molecule has 3 rings (SSSR count). The number of H-pyrrole nitrogens is 1. The second-order valence-electron chi connectivity index (χ2n) is 9.73. The molecule has 7 nitrogen and oxygen atoms in total. The highest BCUT2D eigenvalue weighted by atomic mass is 16.6. The van der Waals surface area contributed by atoms with Gasteiger partial charge in [0.25, 0.3) is 5.91 Å². The van der Waals surface area contributed by atoms with Gasteiger partial charge in [0.2, 0.25) is 5.43 Å². The highest BCUT2D eigenvalue weighted by Crippen LogP contribution is 2.31. The number of fused-ring (bicyclic) bond motifs is 1. The summed E-state index contributed by atoms with van der Waals surface area (Å²) in [5.41, 5.74) is 2.06. The van der Waals surface area contributed by atoms with Gasteiger partial charge in [-0.2, -0.15) is 0 Å². The second kappa shape index (κ2) is 9.10. The van der Waals surface area contributed by atoms with Gasteiger partial charge in [-0.15, -0.1) is 0 Å². The average Bonchev–Trinajstić information content (AvgIpc) is 2.72. The third-order valence-corrected chi connectivity index (χ3v) is 5.39. The Kier molecular flexibility index (Phi) is 6.63. The summed E-state index contributed by atoms with van der Waals surface area (Å²) in [6, 6.07) is 12.7. The smallest absolute Gasteiger partial charge is 0.407 e. The molecule has 33 heavy (non-hydrogen) atoms. The van der Waals surface area contributed by atoms with Gasteiger partial charge in [0.05, 0.1) is 0 Å². The number of nitrogens with one attached hydrogen (secondary N) is 3. The van der Waals surface area contributed by atoms with Gasteiger partial charge in [0.15, 0.2) is 0 Å². The van der Waals surface area contributed by atoms with E-state index in [1.54, 1.807) is 18.2 Å². The Morgan fingerprint density at radius 3 is 2.39 bits per heavy atom. The van der Waals surface area contributed by atoms with E-state index in [4.69, 9.17) is 4.74 Å². The molecule has 0 fully saturated rings. The third kappa shape index (κ3) is 5.61. The molecule has 0 radical (unpaired) electrons. The van der Waals surface area contributed by atoms with Crippen molar-refractivity contribution in [3.63, 3.8) is 0 Å². The number of aromatic nitrogens is 1. The number of ether oxygens (including phenoxy) is 1. The third-order valence-electron chi connectivity index (χ3n) is 5.39. The maximum atomic E-state index is 12.9. The van der Waals surface area contributed by atoms with Crippen molar-refractivity contribution in [2.24, 2.45) is 0 Å². The first-order valence-corrected chi connectivity index (χ1v) is 10.9. The summed E-state index contributed by atoms with van der Waals surface area (Å²) in [5.74, 6) is -0.489. The van der Waals surface area contributed by atoms with Crippen LogP contribution in [0.1, 0.15) is 56.1 Å². The normalized spacial score (nSPS) is 11.8. The van der Waals surface area contributed by atoms with Crippen LogP contribution < -0.4 is 16.1 Å². The molecule has 0 aliphatic carbocycles. The number of carbonyl (C=O) groups excluding carboxylic acids is 2. The molecule has 2 aromatic carbocycles. The SMILES string of the molecule is CNC(=O)OC(C)(C)Cc1cc(NC(=O)c2c[nH]c3ccccc3c2=O)ccc1C(C)(C)C. The monoisotopic (exact) mass is 449 g/mol. The maximum Gasteiger partial charge on any atom is 0.407 e. The number of aromatic amines is 1. The molecule has 3 aromatic rings. The maximum absolute atomic E-state index is 12.9. The van der Waals surface area contributed by atoms with Crippen molar-refractivity contribution in [3.8, 4) is 0 Å². The van der Waals surface area contributed by atoms with Crippen molar-refractivity contribution in [2.45, 2.75) is 52.1 Å². The minimum Gasteiger partial charge on any atom is -0.443 e. The Morgan fingerprint density at radius 1 is 1.03 bits per heavy atom. The van der Waals surface area contributed by atoms with Crippen LogP contribution in [0.25, 0.3) is 10.9 Å². The van der Waals surface area contributed by atoms with Crippen molar-refractivity contribution < 1.29 is 14.3 Å². The average molecular weight is 450 g/mol. The zero-order chi connectivity index (χ0) is 24.4. The molecule has 1 aromatic heterocycles. The minimum absolute atomic E-state index is 0.0402. The summed E-state index contributed by atoms with van der Waals surface area (Å²) in [7, 11) is 1.52. The van der Waals surface area contributed by atoms with Crippen molar-refractivity contribution in [1.29, 1.82) is 0 Å². The standard InChI is InChI=1S/C26H31N3O4/c1-25(2,3)20-12-11-17(13-16(20)14-26(4,5)33-24(32)27-6)29-23(31)19-15-28-21-10-8-7-9-18(21)22(19)30/h7-13,15H,14H2,1-6H3,(H,27,32)(H,28,30)(H,29,31). The fourth-order valence-electron chi connectivity index (χ4n) is 3.88. The molecule has 0 saturated heterocycles. The van der Waals surface area contributed by atoms with Crippen molar-refractivity contribution in [1.82, 2.24) is 10.3 Å². The van der Waals surface area contributed by atoms with E-state index in [2.05, 4.69) is 36.4 Å². The Morgan fingerprint density at radius 2 is 1.73 bits per heavy atom. The molecular weight excluding hydrogens is 418 g/mol. The molecule has 0 bridgehead atoms. The molecule has 0 saturated carbocycles. The molecule has 0 aliphatic rings. The second-order valence-corrected chi connectivity index (χ2v) is 9.73. The van der Waals surface area contributed by atoms with E-state index in [-0.39, 0.29) is 16.4 Å². The summed E-state index contributed by atoms with van der Waals surface area (Å²) < 4.78 is 5.52. The van der Waals surface area contributed by atoms with Crippen molar-refractivity contribution >= 4 is 28.6 Å². The Hall–Kier alpha value is -3.61. The van der Waals surface area contributed by atoms with Crippen LogP contribution in [0.2, 0.25) is 0 Å². The largest absolute Gasteiger partial charge is 0.443 e. The Bertz CT molecular complexity index is 1250. The predicted octanol–water partition coefficient (Wildman–Crippen LogP) is 4.76. The first-order chi connectivity index (χ1) is 15.4. The lowest BCUT2D eigenvalue weighted by atomic mass is 9.80. The number of amides is 2. The molecular formula is C26H31N3O4. The number of carbonyl (C=O) groups is 2. The van der Waals surface area contributed by atoms with Crippen LogP contribution in [0.3, 0.4) is 0 Å². The van der Waals surface area contributed by atoms with Crippen LogP contribution in [0, 0.1) is 0 Å². The highest BCUT2D eigenvalue weighted by Gasteiger charge is 2.27. The summed E-state index contributed by atoms with van der Waals surface area (Å²) in [4.78, 5) is 40.5. The molecule has 1 heterocycles. The van der Waals surface area contributed by atoms with E-state index in [0.717, 1.165) is 11.1 Å². The van der Waals surface area contributed by atoms with Gasteiger partial charge in [-0.05, 0) is 54.7 Å². The summed E-state index contributed by atoms with van der Waals surface area (Å²) in [6.07, 6.45) is 1.38. The fourth-order valence-corrected chi connectivity index (χ4v) is 3.88. The lowest BCUT2D eigenvalue weighted by Gasteiger charge is -2.29. The number of rotatable bonds is 5. The quantitative estimate of drug-likeness (QED) is 0.523. The van der Waals surface area contributed by atoms with Crippen molar-refractivity contribution in [3.05, 3.63) is 75.6 Å². The number of alkyl carbamates (subject to hydrolysis) is 1. The molecule has 0 spiro atoms. The highest BCUT2D eigenvalue weighted by molar-refractivity contribution is 6.05. The van der Waals surface area contributed by atoms with Gasteiger partial charge in [0.1, 0.15) is 11.2 Å². The van der Waals surface area contributed by atoms with E-state index < -0.39 is 17.6 Å². The van der Waals surface area contributed by atoms with Crippen LogP contribution in [0.4, 0.5) is 10.5 Å². The molecule has 0 atom stereocenters. The van der Waals surface area contributed by atoms with Gasteiger partial charge < -0.3 is 20.4 Å². The van der Waals surface area contributed by atoms with Crippen LogP contribution in [0.15, 0.2) is 53.5 Å². The topological polar surface area (TPSA) is 100 Å². The van der Waals surface area contributed by atoms with Gasteiger partial charge in [-0.3, -0.25) is 9.59 Å². The number of para-hydroxylation sites is 1. The number of pyridine rings is 1. The van der Waals surface area contributed by atoms with E-state index in [9.17, 15) is 14.4 Å². The molecule has 7 heteroatoms. The summed E-state index contributed by atoms with van der Waals surface area (Å²) in [6.45, 7) is 9.99. The summed E-state index contributed by atoms with van der Waals surface area (Å²) >= 11 is 0. The van der Waals surface area contributed by atoms with E-state index in [0.29, 0.717) is 23.0 Å². The van der Waals surface area contributed by atoms with Crippen LogP contribution in [-0.2, 0) is 16.6 Å². The molecule has 3 N–H and O–H groups in total. The first kappa shape index (κ1) is 24.0.